The topological polar surface area (TPSA) is 59.5 Å². The highest BCUT2D eigenvalue weighted by Gasteiger charge is 2.29. The van der Waals surface area contributed by atoms with Gasteiger partial charge in [-0.15, -0.1) is 0 Å². The number of aromatic nitrogens is 1. The lowest BCUT2D eigenvalue weighted by molar-refractivity contribution is -0.126. The number of esters is 1. The highest BCUT2D eigenvalue weighted by atomic mass is 79.9. The van der Waals surface area contributed by atoms with Crippen LogP contribution in [0, 0.1) is 0 Å². The molecule has 2 aromatic rings. The number of halogens is 1. The van der Waals surface area contributed by atoms with Crippen LogP contribution in [0.1, 0.15) is 22.8 Å². The first-order chi connectivity index (χ1) is 11.1. The van der Waals surface area contributed by atoms with E-state index in [1.807, 2.05) is 24.3 Å². The van der Waals surface area contributed by atoms with Crippen molar-refractivity contribution in [1.82, 2.24) is 4.98 Å². The highest BCUT2D eigenvalue weighted by molar-refractivity contribution is 9.10. The Hall–Kier alpha value is -2.21. The van der Waals surface area contributed by atoms with Gasteiger partial charge < -0.3 is 9.64 Å². The van der Waals surface area contributed by atoms with E-state index >= 15 is 0 Å². The van der Waals surface area contributed by atoms with Gasteiger partial charge in [0.15, 0.2) is 6.10 Å². The van der Waals surface area contributed by atoms with Crippen molar-refractivity contribution in [3.8, 4) is 0 Å². The van der Waals surface area contributed by atoms with Crippen LogP contribution in [0.5, 0.6) is 0 Å². The fourth-order valence-electron chi connectivity index (χ4n) is 2.59. The van der Waals surface area contributed by atoms with Crippen LogP contribution in [0.3, 0.4) is 0 Å². The molecular formula is C17H15BrN2O3. The molecule has 2 heterocycles. The minimum atomic E-state index is -0.854. The average molecular weight is 375 g/mol. The van der Waals surface area contributed by atoms with Crippen molar-refractivity contribution in [2.75, 3.05) is 11.4 Å². The molecule has 0 spiro atoms. The summed E-state index contributed by atoms with van der Waals surface area (Å²) < 4.78 is 5.97. The molecule has 3 rings (SSSR count). The van der Waals surface area contributed by atoms with E-state index in [1.54, 1.807) is 24.1 Å². The fourth-order valence-corrected chi connectivity index (χ4v) is 2.95. The third-order valence-electron chi connectivity index (χ3n) is 3.73. The van der Waals surface area contributed by atoms with Gasteiger partial charge in [-0.1, -0.05) is 18.2 Å². The van der Waals surface area contributed by atoms with E-state index < -0.39 is 12.1 Å². The number of anilines is 1. The minimum absolute atomic E-state index is 0.216. The number of pyridine rings is 1. The van der Waals surface area contributed by atoms with Gasteiger partial charge in [-0.25, -0.2) is 4.79 Å². The molecular weight excluding hydrogens is 360 g/mol. The van der Waals surface area contributed by atoms with E-state index in [2.05, 4.69) is 20.9 Å². The van der Waals surface area contributed by atoms with Crippen LogP contribution in [0.15, 0.2) is 47.2 Å². The zero-order valence-electron chi connectivity index (χ0n) is 12.5. The Balaban J connectivity index is 1.70. The largest absolute Gasteiger partial charge is 0.449 e. The van der Waals surface area contributed by atoms with E-state index in [0.717, 1.165) is 17.7 Å². The lowest BCUT2D eigenvalue weighted by atomic mass is 10.2. The summed E-state index contributed by atoms with van der Waals surface area (Å²) in [6, 6.07) is 9.38. The van der Waals surface area contributed by atoms with Crippen molar-refractivity contribution in [3.05, 3.63) is 58.3 Å². The molecule has 1 aliphatic rings. The molecule has 0 saturated carbocycles. The quantitative estimate of drug-likeness (QED) is 0.774. The van der Waals surface area contributed by atoms with Gasteiger partial charge in [0.05, 0.1) is 5.56 Å². The van der Waals surface area contributed by atoms with Crippen molar-refractivity contribution in [2.24, 2.45) is 0 Å². The second-order valence-electron chi connectivity index (χ2n) is 5.31. The molecule has 1 aromatic heterocycles. The van der Waals surface area contributed by atoms with E-state index in [0.29, 0.717) is 16.6 Å². The first-order valence-corrected chi connectivity index (χ1v) is 8.06. The lowest BCUT2D eigenvalue weighted by Crippen LogP contribution is -2.39. The number of para-hydroxylation sites is 1. The molecule has 23 heavy (non-hydrogen) atoms. The second kappa shape index (κ2) is 6.50. The van der Waals surface area contributed by atoms with Gasteiger partial charge in [0.1, 0.15) is 0 Å². The molecule has 0 bridgehead atoms. The SMILES string of the molecule is CC(OC(=O)c1cncc(Br)c1)C(=O)N1CCc2ccccc21. The predicted octanol–water partition coefficient (Wildman–Crippen LogP) is 2.98. The molecule has 1 aromatic carbocycles. The molecule has 1 aliphatic heterocycles. The van der Waals surface area contributed by atoms with E-state index in [-0.39, 0.29) is 5.91 Å². The monoisotopic (exact) mass is 374 g/mol. The van der Waals surface area contributed by atoms with Crippen LogP contribution < -0.4 is 4.90 Å². The number of nitrogens with zero attached hydrogens (tertiary/aromatic N) is 2. The number of carbonyl (C=O) groups excluding carboxylic acids is 2. The first-order valence-electron chi connectivity index (χ1n) is 7.27. The van der Waals surface area contributed by atoms with Gasteiger partial charge in [0.2, 0.25) is 0 Å². The maximum absolute atomic E-state index is 12.6. The fraction of sp³-hybridized carbons (Fsp3) is 0.235. The van der Waals surface area contributed by atoms with Crippen LogP contribution in [0.4, 0.5) is 5.69 Å². The Bertz CT molecular complexity index is 763. The number of rotatable bonds is 3. The molecule has 0 saturated heterocycles. The molecule has 0 radical (unpaired) electrons. The molecule has 118 valence electrons. The molecule has 0 fully saturated rings. The Labute approximate surface area is 142 Å². The number of amides is 1. The summed E-state index contributed by atoms with van der Waals surface area (Å²) in [7, 11) is 0. The Kier molecular flexibility index (Phi) is 4.43. The Morgan fingerprint density at radius 1 is 1.30 bits per heavy atom. The number of hydrogen-bond donors (Lipinski definition) is 0. The summed E-state index contributed by atoms with van der Waals surface area (Å²) in [5, 5.41) is 0. The zero-order valence-corrected chi connectivity index (χ0v) is 14.1. The number of ether oxygens (including phenoxy) is 1. The molecule has 0 aliphatic carbocycles. The summed E-state index contributed by atoms with van der Waals surface area (Å²) in [6.45, 7) is 2.20. The number of benzene rings is 1. The summed E-state index contributed by atoms with van der Waals surface area (Å²) in [6.07, 6.45) is 2.95. The molecule has 0 N–H and O–H groups in total. The van der Waals surface area contributed by atoms with Crippen LogP contribution >= 0.6 is 15.9 Å². The van der Waals surface area contributed by atoms with Gasteiger partial charge in [-0.05, 0) is 47.0 Å². The average Bonchev–Trinajstić information content (AvgIpc) is 2.98. The highest BCUT2D eigenvalue weighted by Crippen LogP contribution is 2.28. The molecule has 5 nitrogen and oxygen atoms in total. The Morgan fingerprint density at radius 2 is 2.09 bits per heavy atom. The van der Waals surface area contributed by atoms with Crippen molar-refractivity contribution in [1.29, 1.82) is 0 Å². The van der Waals surface area contributed by atoms with Crippen LogP contribution in [-0.2, 0) is 16.0 Å². The summed E-state index contributed by atoms with van der Waals surface area (Å²) in [5.41, 5.74) is 2.33. The number of carbonyl (C=O) groups is 2. The Morgan fingerprint density at radius 3 is 2.87 bits per heavy atom. The van der Waals surface area contributed by atoms with Gasteiger partial charge in [0, 0.05) is 29.1 Å². The first kappa shape index (κ1) is 15.7. The van der Waals surface area contributed by atoms with Crippen molar-refractivity contribution >= 4 is 33.5 Å². The van der Waals surface area contributed by atoms with E-state index in [9.17, 15) is 9.59 Å². The van der Waals surface area contributed by atoms with Gasteiger partial charge in [0.25, 0.3) is 5.91 Å². The van der Waals surface area contributed by atoms with E-state index in [4.69, 9.17) is 4.74 Å². The molecule has 6 heteroatoms. The van der Waals surface area contributed by atoms with Gasteiger partial charge in [-0.3, -0.25) is 9.78 Å². The van der Waals surface area contributed by atoms with Gasteiger partial charge >= 0.3 is 5.97 Å². The third-order valence-corrected chi connectivity index (χ3v) is 4.16. The summed E-state index contributed by atoms with van der Waals surface area (Å²) in [5.74, 6) is -0.779. The van der Waals surface area contributed by atoms with Crippen LogP contribution in [-0.4, -0.2) is 29.5 Å². The third kappa shape index (κ3) is 3.27. The normalized spacial score (nSPS) is 14.3. The molecule has 1 amide bonds. The minimum Gasteiger partial charge on any atom is -0.449 e. The van der Waals surface area contributed by atoms with Crippen molar-refractivity contribution < 1.29 is 14.3 Å². The summed E-state index contributed by atoms with van der Waals surface area (Å²) >= 11 is 3.25. The second-order valence-corrected chi connectivity index (χ2v) is 6.22. The smallest absolute Gasteiger partial charge is 0.340 e. The number of fused-ring (bicyclic) bond motifs is 1. The molecule has 1 atom stereocenters. The van der Waals surface area contributed by atoms with Crippen molar-refractivity contribution in [3.63, 3.8) is 0 Å². The maximum Gasteiger partial charge on any atom is 0.340 e. The zero-order chi connectivity index (χ0) is 16.4. The maximum atomic E-state index is 12.6. The number of hydrogen-bond acceptors (Lipinski definition) is 4. The standard InChI is InChI=1S/C17H15BrN2O3/c1-11(23-17(22)13-8-14(18)10-19-9-13)16(21)20-7-6-12-4-2-3-5-15(12)20/h2-5,8-11H,6-7H2,1H3. The lowest BCUT2D eigenvalue weighted by Gasteiger charge is -2.21. The van der Waals surface area contributed by atoms with Gasteiger partial charge in [-0.2, -0.15) is 0 Å². The van der Waals surface area contributed by atoms with Crippen LogP contribution in [0.2, 0.25) is 0 Å². The predicted molar refractivity (Wildman–Crippen MR) is 89.3 cm³/mol. The van der Waals surface area contributed by atoms with Crippen molar-refractivity contribution in [2.45, 2.75) is 19.4 Å². The van der Waals surface area contributed by atoms with E-state index in [1.165, 1.54) is 6.20 Å². The van der Waals surface area contributed by atoms with Crippen LogP contribution in [0.25, 0.3) is 0 Å². The summed E-state index contributed by atoms with van der Waals surface area (Å²) in [4.78, 5) is 30.3. The molecule has 1 unspecified atom stereocenters.